The molecule has 1 aliphatic carbocycles. The Morgan fingerprint density at radius 2 is 1.64 bits per heavy atom. The number of hydrogen-bond acceptors (Lipinski definition) is 7. The Morgan fingerprint density at radius 1 is 0.923 bits per heavy atom. The van der Waals surface area contributed by atoms with Crippen LogP contribution in [0.1, 0.15) is 59.3 Å². The van der Waals surface area contributed by atoms with Gasteiger partial charge in [-0.25, -0.2) is 9.97 Å². The van der Waals surface area contributed by atoms with Gasteiger partial charge in [0.25, 0.3) is 0 Å². The molecule has 0 bridgehead atoms. The molecule has 2 saturated heterocycles. The number of aromatic nitrogens is 4. The number of pyridine rings is 2. The van der Waals surface area contributed by atoms with Gasteiger partial charge in [0.15, 0.2) is 14.1 Å². The minimum Gasteiger partial charge on any atom is -0.414 e. The van der Waals surface area contributed by atoms with Crippen LogP contribution in [0, 0.1) is 5.41 Å². The third kappa shape index (κ3) is 5.35. The van der Waals surface area contributed by atoms with E-state index in [2.05, 4.69) is 59.7 Å². The lowest BCUT2D eigenvalue weighted by molar-refractivity contribution is 0.152. The molecular formula is C31H44N6OSi. The van der Waals surface area contributed by atoms with E-state index in [-0.39, 0.29) is 5.04 Å². The van der Waals surface area contributed by atoms with E-state index in [9.17, 15) is 0 Å². The van der Waals surface area contributed by atoms with Crippen molar-refractivity contribution in [1.29, 1.82) is 0 Å². The van der Waals surface area contributed by atoms with E-state index < -0.39 is 8.32 Å². The van der Waals surface area contributed by atoms with Crippen LogP contribution in [-0.4, -0.2) is 71.5 Å². The van der Waals surface area contributed by atoms with Crippen LogP contribution in [0.15, 0.2) is 43.0 Å². The fraction of sp³-hybridized carbons (Fsp3) is 0.613. The fourth-order valence-electron chi connectivity index (χ4n) is 6.67. The molecule has 0 N–H and O–H groups in total. The molecule has 6 rings (SSSR count). The molecule has 0 radical (unpaired) electrons. The largest absolute Gasteiger partial charge is 0.414 e. The average molecular weight is 545 g/mol. The minimum absolute atomic E-state index is 0.279. The van der Waals surface area contributed by atoms with Crippen molar-refractivity contribution >= 4 is 25.0 Å². The highest BCUT2D eigenvalue weighted by Crippen LogP contribution is 2.45. The van der Waals surface area contributed by atoms with Crippen molar-refractivity contribution in [2.75, 3.05) is 31.1 Å². The van der Waals surface area contributed by atoms with E-state index in [1.165, 1.54) is 51.6 Å². The number of rotatable bonds is 5. The zero-order chi connectivity index (χ0) is 27.3. The summed E-state index contributed by atoms with van der Waals surface area (Å²) in [5, 5.41) is 1.37. The smallest absolute Gasteiger partial charge is 0.192 e. The number of fused-ring (bicyclic) bond motifs is 1. The Morgan fingerprint density at radius 3 is 2.38 bits per heavy atom. The van der Waals surface area contributed by atoms with E-state index in [1.807, 2.05) is 24.5 Å². The second-order valence-corrected chi connectivity index (χ2v) is 18.4. The molecule has 2 atom stereocenters. The van der Waals surface area contributed by atoms with Crippen molar-refractivity contribution in [2.45, 2.75) is 89.6 Å². The van der Waals surface area contributed by atoms with E-state index in [0.29, 0.717) is 17.6 Å². The fourth-order valence-corrected chi connectivity index (χ4v) is 8.07. The summed E-state index contributed by atoms with van der Waals surface area (Å²) in [5.41, 5.74) is 2.33. The molecule has 8 heteroatoms. The summed E-state index contributed by atoms with van der Waals surface area (Å²) in [7, 11) is -1.70. The molecule has 3 fully saturated rings. The number of piperidine rings is 1. The van der Waals surface area contributed by atoms with Crippen LogP contribution in [0.25, 0.3) is 22.3 Å². The lowest BCUT2D eigenvalue weighted by Crippen LogP contribution is -2.44. The van der Waals surface area contributed by atoms with Crippen LogP contribution in [0.3, 0.4) is 0 Å². The van der Waals surface area contributed by atoms with Crippen LogP contribution < -0.4 is 4.90 Å². The number of nitrogens with zero attached hydrogens (tertiary/aromatic N) is 6. The summed E-state index contributed by atoms with van der Waals surface area (Å²) in [6.07, 6.45) is 15.3. The molecule has 7 nitrogen and oxygen atoms in total. The van der Waals surface area contributed by atoms with Gasteiger partial charge in [0.1, 0.15) is 5.82 Å². The highest BCUT2D eigenvalue weighted by atomic mass is 28.4. The van der Waals surface area contributed by atoms with Gasteiger partial charge in [-0.1, -0.05) is 20.8 Å². The Bertz CT molecular complexity index is 1300. The van der Waals surface area contributed by atoms with E-state index in [4.69, 9.17) is 14.4 Å². The van der Waals surface area contributed by atoms with Gasteiger partial charge in [-0.3, -0.25) is 14.9 Å². The predicted octanol–water partition coefficient (Wildman–Crippen LogP) is 6.32. The van der Waals surface area contributed by atoms with Crippen molar-refractivity contribution < 1.29 is 4.43 Å². The molecule has 3 aromatic heterocycles. The van der Waals surface area contributed by atoms with E-state index in [1.54, 1.807) is 12.4 Å². The van der Waals surface area contributed by atoms with Gasteiger partial charge in [-0.2, -0.15) is 0 Å². The van der Waals surface area contributed by atoms with E-state index in [0.717, 1.165) is 41.2 Å². The zero-order valence-electron chi connectivity index (χ0n) is 24.4. The van der Waals surface area contributed by atoms with E-state index >= 15 is 0 Å². The first-order chi connectivity index (χ1) is 18.6. The summed E-state index contributed by atoms with van der Waals surface area (Å²) in [6, 6.07) is 6.71. The lowest BCUT2D eigenvalue weighted by atomic mass is 9.77. The van der Waals surface area contributed by atoms with Gasteiger partial charge in [-0.15, -0.1) is 0 Å². The second kappa shape index (κ2) is 10.2. The third-order valence-electron chi connectivity index (χ3n) is 10.1. The highest BCUT2D eigenvalue weighted by molar-refractivity contribution is 6.74. The number of likely N-dealkylation sites (tertiary alicyclic amines) is 1. The SMILES string of the molecule is CC(C)(C)[Si](C)(C)O[C@@H]1CC[C@H](N2CCC3(CCN(c4nc(-c5ccncc5)nc5cnccc45)CC3)C2)C1. The van der Waals surface area contributed by atoms with Gasteiger partial charge in [0.2, 0.25) is 0 Å². The predicted molar refractivity (Wildman–Crippen MR) is 160 cm³/mol. The standard InChI is InChI=1S/C31H44N6OSi/c1-30(2,3)39(4,5)38-25-7-6-24(20-25)37-19-13-31(22-37)11-17-36(18-12-31)29-26-10-16-33-21-27(26)34-28(35-29)23-8-14-32-15-9-23/h8-10,14-16,21,24-25H,6-7,11-13,17-20,22H2,1-5H3/t24-,25+/m0/s1. The molecule has 0 amide bonds. The maximum atomic E-state index is 6.82. The van der Waals surface area contributed by atoms with Gasteiger partial charge >= 0.3 is 0 Å². The van der Waals surface area contributed by atoms with Gasteiger partial charge in [-0.05, 0) is 86.8 Å². The summed E-state index contributed by atoms with van der Waals surface area (Å²) < 4.78 is 6.82. The van der Waals surface area contributed by atoms with Crippen molar-refractivity contribution in [3.05, 3.63) is 43.0 Å². The average Bonchev–Trinajstić information content (AvgIpc) is 3.55. The molecule has 0 aromatic carbocycles. The van der Waals surface area contributed by atoms with Crippen LogP contribution >= 0.6 is 0 Å². The quantitative estimate of drug-likeness (QED) is 0.348. The first kappa shape index (κ1) is 26.8. The monoisotopic (exact) mass is 544 g/mol. The van der Waals surface area contributed by atoms with Gasteiger partial charge < -0.3 is 9.33 Å². The molecule has 1 spiro atoms. The van der Waals surface area contributed by atoms with Crippen LogP contribution in [0.2, 0.25) is 18.1 Å². The third-order valence-corrected chi connectivity index (χ3v) is 14.7. The van der Waals surface area contributed by atoms with Crippen LogP contribution in [-0.2, 0) is 4.43 Å². The first-order valence-electron chi connectivity index (χ1n) is 14.8. The summed E-state index contributed by atoms with van der Waals surface area (Å²) in [4.78, 5) is 23.7. The van der Waals surface area contributed by atoms with Crippen LogP contribution in [0.5, 0.6) is 0 Å². The molecular weight excluding hydrogens is 500 g/mol. The van der Waals surface area contributed by atoms with Crippen molar-refractivity contribution in [1.82, 2.24) is 24.8 Å². The summed E-state index contributed by atoms with van der Waals surface area (Å²) >= 11 is 0. The van der Waals surface area contributed by atoms with Gasteiger partial charge in [0, 0.05) is 61.3 Å². The Kier molecular flexibility index (Phi) is 7.00. The lowest BCUT2D eigenvalue weighted by Gasteiger charge is -2.41. The molecule has 0 unspecified atom stereocenters. The second-order valence-electron chi connectivity index (χ2n) is 13.7. The van der Waals surface area contributed by atoms with Crippen molar-refractivity contribution in [2.24, 2.45) is 5.41 Å². The molecule has 1 saturated carbocycles. The Labute approximate surface area is 234 Å². The van der Waals surface area contributed by atoms with Crippen molar-refractivity contribution in [3.8, 4) is 11.4 Å². The highest BCUT2D eigenvalue weighted by Gasteiger charge is 2.46. The normalized spacial score (nSPS) is 24.2. The minimum atomic E-state index is -1.70. The molecule has 39 heavy (non-hydrogen) atoms. The molecule has 208 valence electrons. The topological polar surface area (TPSA) is 67.3 Å². The van der Waals surface area contributed by atoms with Gasteiger partial charge in [0.05, 0.1) is 11.7 Å². The van der Waals surface area contributed by atoms with Crippen LogP contribution in [0.4, 0.5) is 5.82 Å². The Balaban J connectivity index is 1.12. The number of hydrogen-bond donors (Lipinski definition) is 0. The van der Waals surface area contributed by atoms with Crippen molar-refractivity contribution in [3.63, 3.8) is 0 Å². The molecule has 2 aliphatic heterocycles. The molecule has 3 aromatic rings. The summed E-state index contributed by atoms with van der Waals surface area (Å²) in [5.74, 6) is 1.79. The number of anilines is 1. The maximum Gasteiger partial charge on any atom is 0.192 e. The zero-order valence-corrected chi connectivity index (χ0v) is 25.4. The maximum absolute atomic E-state index is 6.82. The Hall–Kier alpha value is -2.42. The molecule has 5 heterocycles. The molecule has 3 aliphatic rings. The summed E-state index contributed by atoms with van der Waals surface area (Å²) in [6.45, 7) is 16.4. The first-order valence-corrected chi connectivity index (χ1v) is 17.7.